The molecule has 0 bridgehead atoms. The molecule has 0 aliphatic rings. The average Bonchev–Trinajstić information content (AvgIpc) is 2.36. The van der Waals surface area contributed by atoms with Crippen LogP contribution in [-0.4, -0.2) is 22.0 Å². The number of rotatable bonds is 7. The molecule has 2 N–H and O–H groups in total. The third-order valence-electron chi connectivity index (χ3n) is 2.55. The Bertz CT molecular complexity index is 399. The molecule has 18 heavy (non-hydrogen) atoms. The van der Waals surface area contributed by atoms with Gasteiger partial charge < -0.3 is 10.4 Å². The van der Waals surface area contributed by atoms with E-state index in [1.165, 1.54) is 23.3 Å². The van der Waals surface area contributed by atoms with Crippen LogP contribution >= 0.6 is 38.5 Å². The van der Waals surface area contributed by atoms with Gasteiger partial charge in [0.2, 0.25) is 0 Å². The van der Waals surface area contributed by atoms with Gasteiger partial charge in [-0.2, -0.15) is 0 Å². The number of phenolic OH excluding ortho intramolecular Hbond substituents is 1. The Morgan fingerprint density at radius 1 is 1.28 bits per heavy atom. The van der Waals surface area contributed by atoms with E-state index >= 15 is 0 Å². The number of nitrogens with one attached hydrogen (secondary N) is 1. The third-order valence-corrected chi connectivity index (χ3v) is 3.81. The summed E-state index contributed by atoms with van der Waals surface area (Å²) in [4.78, 5) is 11.8. The predicted molar refractivity (Wildman–Crippen MR) is 85.5 cm³/mol. The van der Waals surface area contributed by atoms with Crippen molar-refractivity contribution in [1.29, 1.82) is 0 Å². The minimum Gasteiger partial charge on any atom is -0.507 e. The molecule has 0 aliphatic heterocycles. The Balaban J connectivity index is 2.34. The van der Waals surface area contributed by atoms with Crippen molar-refractivity contribution in [2.45, 2.75) is 25.7 Å². The van der Waals surface area contributed by atoms with Gasteiger partial charge in [-0.15, -0.1) is 0 Å². The zero-order valence-electron chi connectivity index (χ0n) is 10.1. The minimum absolute atomic E-state index is 0.0145. The molecule has 5 heteroatoms. The number of amides is 1. The smallest absolute Gasteiger partial charge is 0.255 e. The van der Waals surface area contributed by atoms with Crippen molar-refractivity contribution in [3.8, 4) is 5.75 Å². The number of phenols is 1. The molecule has 1 amide bonds. The maximum absolute atomic E-state index is 11.8. The van der Waals surface area contributed by atoms with Crippen LogP contribution < -0.4 is 5.32 Å². The highest BCUT2D eigenvalue weighted by Gasteiger charge is 2.10. The van der Waals surface area contributed by atoms with Crippen molar-refractivity contribution >= 4 is 44.4 Å². The summed E-state index contributed by atoms with van der Waals surface area (Å²) >= 11 is 5.65. The first kappa shape index (κ1) is 15.8. The summed E-state index contributed by atoms with van der Waals surface area (Å²) in [6.07, 6.45) is 4.56. The molecule has 1 aromatic carbocycles. The van der Waals surface area contributed by atoms with E-state index in [0.29, 0.717) is 12.1 Å². The largest absolute Gasteiger partial charge is 0.507 e. The Kier molecular flexibility index (Phi) is 7.65. The Morgan fingerprint density at radius 2 is 2.00 bits per heavy atom. The zero-order valence-corrected chi connectivity index (χ0v) is 13.8. The van der Waals surface area contributed by atoms with Crippen LogP contribution in [0.15, 0.2) is 22.7 Å². The number of hydrogen-bond acceptors (Lipinski definition) is 2. The highest BCUT2D eigenvalue weighted by atomic mass is 127. The van der Waals surface area contributed by atoms with Crippen LogP contribution in [0.1, 0.15) is 36.0 Å². The normalized spacial score (nSPS) is 10.3. The van der Waals surface area contributed by atoms with Crippen LogP contribution in [0.4, 0.5) is 0 Å². The van der Waals surface area contributed by atoms with E-state index in [1.807, 2.05) is 0 Å². The van der Waals surface area contributed by atoms with Crippen LogP contribution in [-0.2, 0) is 0 Å². The van der Waals surface area contributed by atoms with Gasteiger partial charge in [0.15, 0.2) is 0 Å². The fraction of sp³-hybridized carbons (Fsp3) is 0.462. The van der Waals surface area contributed by atoms with E-state index in [1.54, 1.807) is 12.1 Å². The number of halogens is 2. The van der Waals surface area contributed by atoms with Gasteiger partial charge in [0.1, 0.15) is 5.75 Å². The van der Waals surface area contributed by atoms with Crippen LogP contribution in [0.25, 0.3) is 0 Å². The van der Waals surface area contributed by atoms with E-state index in [9.17, 15) is 9.90 Å². The summed E-state index contributed by atoms with van der Waals surface area (Å²) in [5.41, 5.74) is 0.316. The summed E-state index contributed by atoms with van der Waals surface area (Å²) < 4.78 is 1.98. The summed E-state index contributed by atoms with van der Waals surface area (Å²) in [5, 5.41) is 12.4. The standard InChI is InChI=1S/C13H17BrINO2/c14-10-5-6-12(17)11(9-10)13(18)16-8-4-2-1-3-7-15/h5-6,9,17H,1-4,7-8H2,(H,16,18). The van der Waals surface area contributed by atoms with E-state index in [0.717, 1.165) is 17.3 Å². The third kappa shape index (κ3) is 5.56. The van der Waals surface area contributed by atoms with Gasteiger partial charge >= 0.3 is 0 Å². The van der Waals surface area contributed by atoms with Crippen molar-refractivity contribution in [2.75, 3.05) is 11.0 Å². The van der Waals surface area contributed by atoms with Crippen LogP contribution in [0.2, 0.25) is 0 Å². The maximum atomic E-state index is 11.8. The van der Waals surface area contributed by atoms with E-state index in [4.69, 9.17) is 0 Å². The molecule has 0 aromatic heterocycles. The first-order valence-electron chi connectivity index (χ1n) is 5.98. The number of aromatic hydroxyl groups is 1. The number of carbonyl (C=O) groups excluding carboxylic acids is 1. The summed E-state index contributed by atoms with van der Waals surface area (Å²) in [7, 11) is 0. The van der Waals surface area contributed by atoms with Gasteiger partial charge in [-0.05, 0) is 35.5 Å². The summed E-state index contributed by atoms with van der Waals surface area (Å²) in [6, 6.07) is 4.84. The lowest BCUT2D eigenvalue weighted by Gasteiger charge is -2.07. The first-order chi connectivity index (χ1) is 8.65. The second-order valence-corrected chi connectivity index (χ2v) is 6.01. The maximum Gasteiger partial charge on any atom is 0.255 e. The number of hydrogen-bond donors (Lipinski definition) is 2. The molecule has 0 saturated carbocycles. The van der Waals surface area contributed by atoms with E-state index in [-0.39, 0.29) is 11.7 Å². The molecule has 0 heterocycles. The fourth-order valence-electron chi connectivity index (χ4n) is 1.56. The molecule has 0 spiro atoms. The Hall–Kier alpha value is -0.300. The van der Waals surface area contributed by atoms with Crippen LogP contribution in [0.3, 0.4) is 0 Å². The van der Waals surface area contributed by atoms with Gasteiger partial charge in [0.05, 0.1) is 5.56 Å². The fourth-order valence-corrected chi connectivity index (χ4v) is 2.46. The second kappa shape index (κ2) is 8.74. The van der Waals surface area contributed by atoms with Gasteiger partial charge in [-0.1, -0.05) is 51.4 Å². The molecule has 3 nitrogen and oxygen atoms in total. The summed E-state index contributed by atoms with van der Waals surface area (Å²) in [5.74, 6) is -0.205. The van der Waals surface area contributed by atoms with Crippen LogP contribution in [0.5, 0.6) is 5.75 Å². The van der Waals surface area contributed by atoms with Gasteiger partial charge in [0, 0.05) is 11.0 Å². The zero-order chi connectivity index (χ0) is 13.4. The first-order valence-corrected chi connectivity index (χ1v) is 8.29. The van der Waals surface area contributed by atoms with Crippen molar-refractivity contribution in [1.82, 2.24) is 5.32 Å². The van der Waals surface area contributed by atoms with E-state index in [2.05, 4.69) is 43.8 Å². The number of unbranched alkanes of at least 4 members (excludes halogenated alkanes) is 3. The predicted octanol–water partition coefficient (Wildman–Crippen LogP) is 3.88. The molecule has 0 fully saturated rings. The van der Waals surface area contributed by atoms with Gasteiger partial charge in [-0.3, -0.25) is 4.79 Å². The monoisotopic (exact) mass is 425 g/mol. The lowest BCUT2D eigenvalue weighted by Crippen LogP contribution is -2.24. The van der Waals surface area contributed by atoms with Gasteiger partial charge in [-0.25, -0.2) is 0 Å². The quantitative estimate of drug-likeness (QED) is 0.395. The SMILES string of the molecule is O=C(NCCCCCCI)c1cc(Br)ccc1O. The Morgan fingerprint density at radius 3 is 2.72 bits per heavy atom. The lowest BCUT2D eigenvalue weighted by molar-refractivity contribution is 0.0950. The molecule has 0 aliphatic carbocycles. The van der Waals surface area contributed by atoms with Crippen LogP contribution in [0, 0.1) is 0 Å². The highest BCUT2D eigenvalue weighted by molar-refractivity contribution is 14.1. The molecule has 100 valence electrons. The van der Waals surface area contributed by atoms with Crippen molar-refractivity contribution in [3.63, 3.8) is 0 Å². The molecular weight excluding hydrogens is 409 g/mol. The Labute approximate surface area is 130 Å². The van der Waals surface area contributed by atoms with Crippen molar-refractivity contribution < 1.29 is 9.90 Å². The number of benzene rings is 1. The highest BCUT2D eigenvalue weighted by Crippen LogP contribution is 2.21. The molecule has 0 radical (unpaired) electrons. The van der Waals surface area contributed by atoms with Gasteiger partial charge in [0.25, 0.3) is 5.91 Å². The number of carbonyl (C=O) groups is 1. The van der Waals surface area contributed by atoms with E-state index < -0.39 is 0 Å². The molecule has 1 aromatic rings. The second-order valence-electron chi connectivity index (χ2n) is 4.02. The lowest BCUT2D eigenvalue weighted by atomic mass is 10.1. The molecular formula is C13H17BrINO2. The minimum atomic E-state index is -0.220. The topological polar surface area (TPSA) is 49.3 Å². The molecule has 0 saturated heterocycles. The van der Waals surface area contributed by atoms with Crippen molar-refractivity contribution in [2.24, 2.45) is 0 Å². The molecule has 0 unspecified atom stereocenters. The van der Waals surface area contributed by atoms with Crippen molar-refractivity contribution in [3.05, 3.63) is 28.2 Å². The molecule has 1 rings (SSSR count). The summed E-state index contributed by atoms with van der Waals surface area (Å²) in [6.45, 7) is 0.659. The number of alkyl halides is 1. The molecule has 0 atom stereocenters. The average molecular weight is 426 g/mol.